The standard InChI is InChI=1S/C16H28N4S/c1-12(2)15-19-13(17-3)10-14(20-15)18-11-16(21-4)8-6-5-7-9-16/h10,12H,5-9,11H2,1-4H3,(H2,17,18,19,20). The summed E-state index contributed by atoms with van der Waals surface area (Å²) in [7, 11) is 1.90. The van der Waals surface area contributed by atoms with Crippen LogP contribution in [0.5, 0.6) is 0 Å². The quantitative estimate of drug-likeness (QED) is 0.828. The number of hydrogen-bond acceptors (Lipinski definition) is 5. The topological polar surface area (TPSA) is 49.8 Å². The molecule has 21 heavy (non-hydrogen) atoms. The SMILES string of the molecule is CNc1cc(NCC2(SC)CCCCC2)nc(C(C)C)n1. The smallest absolute Gasteiger partial charge is 0.135 e. The molecule has 0 aliphatic heterocycles. The molecule has 0 amide bonds. The Bertz CT molecular complexity index is 456. The van der Waals surface area contributed by atoms with Crippen LogP contribution in [0.15, 0.2) is 6.07 Å². The highest BCUT2D eigenvalue weighted by atomic mass is 32.2. The fraction of sp³-hybridized carbons (Fsp3) is 0.750. The maximum absolute atomic E-state index is 4.66. The molecule has 5 heteroatoms. The number of hydrogen-bond donors (Lipinski definition) is 2. The van der Waals surface area contributed by atoms with E-state index >= 15 is 0 Å². The van der Waals surface area contributed by atoms with Crippen molar-refractivity contribution in [3.8, 4) is 0 Å². The van der Waals surface area contributed by atoms with Crippen molar-refractivity contribution < 1.29 is 0 Å². The predicted molar refractivity (Wildman–Crippen MR) is 93.5 cm³/mol. The first-order valence-electron chi connectivity index (χ1n) is 7.94. The predicted octanol–water partition coefficient (Wildman–Crippen LogP) is 4.12. The van der Waals surface area contributed by atoms with Gasteiger partial charge in [0.15, 0.2) is 0 Å². The number of aromatic nitrogens is 2. The number of anilines is 2. The molecule has 1 saturated carbocycles. The van der Waals surface area contributed by atoms with Crippen LogP contribution < -0.4 is 10.6 Å². The van der Waals surface area contributed by atoms with Crippen molar-refractivity contribution in [1.82, 2.24) is 9.97 Å². The van der Waals surface area contributed by atoms with Gasteiger partial charge in [0, 0.05) is 30.3 Å². The van der Waals surface area contributed by atoms with Crippen LogP contribution in [0.25, 0.3) is 0 Å². The van der Waals surface area contributed by atoms with Gasteiger partial charge in [-0.05, 0) is 19.1 Å². The van der Waals surface area contributed by atoms with Crippen molar-refractivity contribution in [2.45, 2.75) is 56.6 Å². The summed E-state index contributed by atoms with van der Waals surface area (Å²) >= 11 is 2.01. The molecule has 1 aliphatic rings. The Morgan fingerprint density at radius 1 is 1.19 bits per heavy atom. The molecule has 2 rings (SSSR count). The van der Waals surface area contributed by atoms with Crippen LogP contribution in [0.3, 0.4) is 0 Å². The average molecular weight is 308 g/mol. The number of nitrogens with zero attached hydrogens (tertiary/aromatic N) is 2. The Balaban J connectivity index is 2.09. The molecule has 0 bridgehead atoms. The highest BCUT2D eigenvalue weighted by Gasteiger charge is 2.31. The third kappa shape index (κ3) is 4.25. The minimum absolute atomic E-state index is 0.336. The van der Waals surface area contributed by atoms with Crippen LogP contribution in [0.2, 0.25) is 0 Å². The summed E-state index contributed by atoms with van der Waals surface area (Å²) in [5.41, 5.74) is 0. The maximum Gasteiger partial charge on any atom is 0.135 e. The lowest BCUT2D eigenvalue weighted by Gasteiger charge is -2.36. The summed E-state index contributed by atoms with van der Waals surface area (Å²) in [6.45, 7) is 5.25. The molecule has 1 aliphatic carbocycles. The van der Waals surface area contributed by atoms with E-state index < -0.39 is 0 Å². The van der Waals surface area contributed by atoms with E-state index in [4.69, 9.17) is 0 Å². The maximum atomic E-state index is 4.66. The molecule has 1 heterocycles. The molecular weight excluding hydrogens is 280 g/mol. The van der Waals surface area contributed by atoms with Gasteiger partial charge in [0.05, 0.1) is 0 Å². The first-order valence-corrected chi connectivity index (χ1v) is 9.17. The second kappa shape index (κ2) is 7.34. The van der Waals surface area contributed by atoms with E-state index in [2.05, 4.69) is 40.7 Å². The minimum Gasteiger partial charge on any atom is -0.373 e. The van der Waals surface area contributed by atoms with Gasteiger partial charge in [-0.3, -0.25) is 0 Å². The van der Waals surface area contributed by atoms with Crippen molar-refractivity contribution in [3.05, 3.63) is 11.9 Å². The molecule has 2 N–H and O–H groups in total. The van der Waals surface area contributed by atoms with Crippen LogP contribution in [0.1, 0.15) is 57.7 Å². The Morgan fingerprint density at radius 3 is 2.43 bits per heavy atom. The van der Waals surface area contributed by atoms with Crippen molar-refractivity contribution in [3.63, 3.8) is 0 Å². The van der Waals surface area contributed by atoms with Gasteiger partial charge in [-0.1, -0.05) is 33.1 Å². The molecule has 1 aromatic heterocycles. The van der Waals surface area contributed by atoms with Gasteiger partial charge >= 0.3 is 0 Å². The van der Waals surface area contributed by atoms with E-state index in [1.165, 1.54) is 32.1 Å². The number of thioether (sulfide) groups is 1. The molecule has 1 aromatic rings. The zero-order chi connectivity index (χ0) is 15.3. The Hall–Kier alpha value is -0.970. The van der Waals surface area contributed by atoms with Crippen LogP contribution >= 0.6 is 11.8 Å². The van der Waals surface area contributed by atoms with Gasteiger partial charge in [-0.25, -0.2) is 9.97 Å². The third-order valence-corrected chi connectivity index (χ3v) is 5.72. The van der Waals surface area contributed by atoms with Crippen LogP contribution in [-0.4, -0.2) is 34.6 Å². The zero-order valence-electron chi connectivity index (χ0n) is 13.7. The van der Waals surface area contributed by atoms with E-state index in [1.807, 2.05) is 24.9 Å². The third-order valence-electron chi connectivity index (χ3n) is 4.31. The largest absolute Gasteiger partial charge is 0.373 e. The highest BCUT2D eigenvalue weighted by molar-refractivity contribution is 8.00. The fourth-order valence-electron chi connectivity index (χ4n) is 2.84. The van der Waals surface area contributed by atoms with Gasteiger partial charge in [0.25, 0.3) is 0 Å². The molecule has 0 radical (unpaired) electrons. The molecular formula is C16H28N4S. The first-order chi connectivity index (χ1) is 10.1. The summed E-state index contributed by atoms with van der Waals surface area (Å²) in [5.74, 6) is 3.06. The van der Waals surface area contributed by atoms with Crippen molar-refractivity contribution in [2.75, 3.05) is 30.5 Å². The van der Waals surface area contributed by atoms with E-state index in [-0.39, 0.29) is 0 Å². The molecule has 0 saturated heterocycles. The second-order valence-electron chi connectivity index (χ2n) is 6.20. The van der Waals surface area contributed by atoms with Gasteiger partial charge in [-0.2, -0.15) is 11.8 Å². The molecule has 0 spiro atoms. The van der Waals surface area contributed by atoms with E-state index in [1.54, 1.807) is 0 Å². The highest BCUT2D eigenvalue weighted by Crippen LogP contribution is 2.38. The normalized spacial score (nSPS) is 17.8. The van der Waals surface area contributed by atoms with Crippen molar-refractivity contribution in [2.24, 2.45) is 0 Å². The molecule has 118 valence electrons. The van der Waals surface area contributed by atoms with Crippen molar-refractivity contribution in [1.29, 1.82) is 0 Å². The zero-order valence-corrected chi connectivity index (χ0v) is 14.5. The Morgan fingerprint density at radius 2 is 1.86 bits per heavy atom. The van der Waals surface area contributed by atoms with Crippen LogP contribution in [-0.2, 0) is 0 Å². The average Bonchev–Trinajstić information content (AvgIpc) is 2.53. The van der Waals surface area contributed by atoms with Gasteiger partial charge < -0.3 is 10.6 Å². The summed E-state index contributed by atoms with van der Waals surface area (Å²) < 4.78 is 0.376. The fourth-order valence-corrected chi connectivity index (χ4v) is 3.76. The lowest BCUT2D eigenvalue weighted by Crippen LogP contribution is -2.35. The molecule has 4 nitrogen and oxygen atoms in total. The van der Waals surface area contributed by atoms with E-state index in [0.29, 0.717) is 10.7 Å². The lowest BCUT2D eigenvalue weighted by atomic mass is 9.88. The monoisotopic (exact) mass is 308 g/mol. The van der Waals surface area contributed by atoms with Gasteiger partial charge in [-0.15, -0.1) is 0 Å². The van der Waals surface area contributed by atoms with E-state index in [0.717, 1.165) is 24.0 Å². The first kappa shape index (κ1) is 16.4. The molecule has 0 atom stereocenters. The Kier molecular flexibility index (Phi) is 5.73. The second-order valence-corrected chi connectivity index (χ2v) is 7.48. The summed E-state index contributed by atoms with van der Waals surface area (Å²) in [5, 5.41) is 6.69. The van der Waals surface area contributed by atoms with Crippen LogP contribution in [0.4, 0.5) is 11.6 Å². The summed E-state index contributed by atoms with van der Waals surface area (Å²) in [6.07, 6.45) is 8.95. The molecule has 0 aromatic carbocycles. The summed E-state index contributed by atoms with van der Waals surface area (Å²) in [6, 6.07) is 2.00. The summed E-state index contributed by atoms with van der Waals surface area (Å²) in [4.78, 5) is 9.18. The Labute approximate surface area is 132 Å². The lowest BCUT2D eigenvalue weighted by molar-refractivity contribution is 0.411. The van der Waals surface area contributed by atoms with Gasteiger partial charge in [0.1, 0.15) is 17.5 Å². The van der Waals surface area contributed by atoms with E-state index in [9.17, 15) is 0 Å². The minimum atomic E-state index is 0.336. The van der Waals surface area contributed by atoms with Gasteiger partial charge in [0.2, 0.25) is 0 Å². The van der Waals surface area contributed by atoms with Crippen LogP contribution in [0, 0.1) is 0 Å². The number of rotatable bonds is 6. The molecule has 0 unspecified atom stereocenters. The number of nitrogens with one attached hydrogen (secondary N) is 2. The molecule has 1 fully saturated rings. The van der Waals surface area contributed by atoms with Crippen molar-refractivity contribution >= 4 is 23.4 Å².